The maximum absolute atomic E-state index is 11.7. The fourth-order valence-corrected chi connectivity index (χ4v) is 1.73. The Labute approximate surface area is 107 Å². The Morgan fingerprint density at radius 2 is 2.11 bits per heavy atom. The van der Waals surface area contributed by atoms with Crippen molar-refractivity contribution >= 4 is 5.91 Å². The molecular formula is C13H21N3O2. The minimum absolute atomic E-state index is 0.0243. The normalized spacial score (nSPS) is 12.2. The lowest BCUT2D eigenvalue weighted by Gasteiger charge is -2.11. The molecule has 0 spiro atoms. The van der Waals surface area contributed by atoms with Crippen LogP contribution in [0.4, 0.5) is 0 Å². The molecule has 0 bridgehead atoms. The Kier molecular flexibility index (Phi) is 5.07. The molecular weight excluding hydrogens is 230 g/mol. The van der Waals surface area contributed by atoms with E-state index in [9.17, 15) is 9.59 Å². The van der Waals surface area contributed by atoms with Crippen molar-refractivity contribution in [2.45, 2.75) is 53.0 Å². The third-order valence-corrected chi connectivity index (χ3v) is 2.96. The molecule has 1 aromatic rings. The number of aryl methyl sites for hydroxylation is 2. The minimum Gasteiger partial charge on any atom is -0.354 e. The van der Waals surface area contributed by atoms with Gasteiger partial charge in [-0.2, -0.15) is 0 Å². The van der Waals surface area contributed by atoms with E-state index in [4.69, 9.17) is 0 Å². The molecule has 5 nitrogen and oxygen atoms in total. The van der Waals surface area contributed by atoms with Gasteiger partial charge in [0.05, 0.1) is 0 Å². The molecule has 0 radical (unpaired) electrons. The Morgan fingerprint density at radius 3 is 2.67 bits per heavy atom. The van der Waals surface area contributed by atoms with E-state index >= 15 is 0 Å². The van der Waals surface area contributed by atoms with E-state index < -0.39 is 0 Å². The van der Waals surface area contributed by atoms with Crippen molar-refractivity contribution in [3.63, 3.8) is 0 Å². The van der Waals surface area contributed by atoms with Gasteiger partial charge in [-0.1, -0.05) is 6.92 Å². The number of nitrogens with zero attached hydrogens (tertiary/aromatic N) is 1. The zero-order valence-electron chi connectivity index (χ0n) is 11.5. The fourth-order valence-electron chi connectivity index (χ4n) is 1.73. The molecule has 5 heteroatoms. The molecule has 0 aliphatic rings. The molecule has 2 N–H and O–H groups in total. The highest BCUT2D eigenvalue weighted by atomic mass is 16.1. The lowest BCUT2D eigenvalue weighted by atomic mass is 10.1. The van der Waals surface area contributed by atoms with E-state index in [1.54, 1.807) is 13.8 Å². The van der Waals surface area contributed by atoms with Gasteiger partial charge in [-0.3, -0.25) is 9.59 Å². The second-order valence-corrected chi connectivity index (χ2v) is 4.59. The first-order chi connectivity index (χ1) is 8.43. The van der Waals surface area contributed by atoms with Gasteiger partial charge < -0.3 is 10.3 Å². The van der Waals surface area contributed by atoms with E-state index in [0.717, 1.165) is 6.42 Å². The summed E-state index contributed by atoms with van der Waals surface area (Å²) >= 11 is 0. The molecule has 0 aromatic carbocycles. The number of aromatic nitrogens is 2. The van der Waals surface area contributed by atoms with Crippen LogP contribution in [-0.2, 0) is 11.2 Å². The topological polar surface area (TPSA) is 74.8 Å². The number of carbonyl (C=O) groups is 1. The van der Waals surface area contributed by atoms with Crippen molar-refractivity contribution in [1.82, 2.24) is 15.3 Å². The highest BCUT2D eigenvalue weighted by molar-refractivity contribution is 5.76. The molecule has 0 saturated carbocycles. The van der Waals surface area contributed by atoms with Gasteiger partial charge in [-0.15, -0.1) is 0 Å². The Balaban J connectivity index is 2.64. The van der Waals surface area contributed by atoms with Crippen LogP contribution in [0.15, 0.2) is 4.79 Å². The van der Waals surface area contributed by atoms with Crippen LogP contribution >= 0.6 is 0 Å². The molecule has 0 aliphatic carbocycles. The Hall–Kier alpha value is -1.65. The Morgan fingerprint density at radius 1 is 1.44 bits per heavy atom. The molecule has 1 rings (SSSR count). The lowest BCUT2D eigenvalue weighted by molar-refractivity contribution is -0.121. The summed E-state index contributed by atoms with van der Waals surface area (Å²) in [6.07, 6.45) is 1.65. The summed E-state index contributed by atoms with van der Waals surface area (Å²) in [5.41, 5.74) is 1.16. The van der Waals surface area contributed by atoms with Gasteiger partial charge in [0.25, 0.3) is 5.56 Å². The molecule has 0 saturated heterocycles. The molecule has 1 amide bonds. The van der Waals surface area contributed by atoms with Gasteiger partial charge in [-0.05, 0) is 33.6 Å². The number of amides is 1. The minimum atomic E-state index is -0.142. The van der Waals surface area contributed by atoms with Crippen LogP contribution in [-0.4, -0.2) is 21.9 Å². The van der Waals surface area contributed by atoms with Crippen molar-refractivity contribution in [3.8, 4) is 0 Å². The first-order valence-corrected chi connectivity index (χ1v) is 6.29. The summed E-state index contributed by atoms with van der Waals surface area (Å²) in [5, 5.41) is 2.88. The van der Waals surface area contributed by atoms with Crippen molar-refractivity contribution in [2.24, 2.45) is 0 Å². The highest BCUT2D eigenvalue weighted by Crippen LogP contribution is 2.03. The zero-order chi connectivity index (χ0) is 13.7. The Bertz CT molecular complexity index is 480. The maximum Gasteiger partial charge on any atom is 0.254 e. The smallest absolute Gasteiger partial charge is 0.254 e. The van der Waals surface area contributed by atoms with Crippen LogP contribution in [0.3, 0.4) is 0 Å². The average Bonchev–Trinajstić information content (AvgIpc) is 2.27. The third-order valence-electron chi connectivity index (χ3n) is 2.96. The van der Waals surface area contributed by atoms with E-state index in [1.807, 2.05) is 13.8 Å². The third kappa shape index (κ3) is 3.98. The van der Waals surface area contributed by atoms with Gasteiger partial charge in [0.15, 0.2) is 0 Å². The SMILES string of the molecule is CCC(C)NC(=O)CCc1c(C)nc(C)[nH]c1=O. The molecule has 1 atom stereocenters. The maximum atomic E-state index is 11.7. The van der Waals surface area contributed by atoms with Crippen LogP contribution in [0.5, 0.6) is 0 Å². The van der Waals surface area contributed by atoms with Crippen molar-refractivity contribution in [3.05, 3.63) is 27.4 Å². The lowest BCUT2D eigenvalue weighted by Crippen LogP contribution is -2.32. The number of H-pyrrole nitrogens is 1. The first-order valence-electron chi connectivity index (χ1n) is 6.29. The second-order valence-electron chi connectivity index (χ2n) is 4.59. The summed E-state index contributed by atoms with van der Waals surface area (Å²) in [7, 11) is 0. The fraction of sp³-hybridized carbons (Fsp3) is 0.615. The van der Waals surface area contributed by atoms with Crippen molar-refractivity contribution < 1.29 is 4.79 Å². The van der Waals surface area contributed by atoms with Gasteiger partial charge in [0, 0.05) is 23.7 Å². The molecule has 100 valence electrons. The van der Waals surface area contributed by atoms with Crippen molar-refractivity contribution in [2.75, 3.05) is 0 Å². The molecule has 1 aromatic heterocycles. The molecule has 1 heterocycles. The van der Waals surface area contributed by atoms with E-state index in [2.05, 4.69) is 15.3 Å². The van der Waals surface area contributed by atoms with E-state index in [0.29, 0.717) is 29.9 Å². The van der Waals surface area contributed by atoms with Crippen LogP contribution in [0, 0.1) is 13.8 Å². The predicted molar refractivity (Wildman–Crippen MR) is 70.5 cm³/mol. The number of hydrogen-bond donors (Lipinski definition) is 2. The number of aromatic amines is 1. The van der Waals surface area contributed by atoms with Gasteiger partial charge in [0.1, 0.15) is 5.82 Å². The van der Waals surface area contributed by atoms with E-state index in [-0.39, 0.29) is 17.5 Å². The number of carbonyl (C=O) groups excluding carboxylic acids is 1. The average molecular weight is 251 g/mol. The van der Waals surface area contributed by atoms with Gasteiger partial charge >= 0.3 is 0 Å². The highest BCUT2D eigenvalue weighted by Gasteiger charge is 2.10. The first kappa shape index (κ1) is 14.4. The largest absolute Gasteiger partial charge is 0.354 e. The molecule has 0 fully saturated rings. The van der Waals surface area contributed by atoms with E-state index in [1.165, 1.54) is 0 Å². The molecule has 0 aliphatic heterocycles. The zero-order valence-corrected chi connectivity index (χ0v) is 11.5. The van der Waals surface area contributed by atoms with Crippen LogP contribution in [0.2, 0.25) is 0 Å². The quantitative estimate of drug-likeness (QED) is 0.826. The van der Waals surface area contributed by atoms with Crippen molar-refractivity contribution in [1.29, 1.82) is 0 Å². The number of nitrogens with one attached hydrogen (secondary N) is 2. The monoisotopic (exact) mass is 251 g/mol. The van der Waals surface area contributed by atoms with Crippen LogP contribution in [0.1, 0.15) is 43.8 Å². The van der Waals surface area contributed by atoms with Gasteiger partial charge in [-0.25, -0.2) is 4.98 Å². The summed E-state index contributed by atoms with van der Waals surface area (Å²) in [6, 6.07) is 0.174. The summed E-state index contributed by atoms with van der Waals surface area (Å²) in [6.45, 7) is 7.52. The number of rotatable bonds is 5. The van der Waals surface area contributed by atoms with Crippen LogP contribution in [0.25, 0.3) is 0 Å². The summed E-state index contributed by atoms with van der Waals surface area (Å²) < 4.78 is 0. The second kappa shape index (κ2) is 6.33. The summed E-state index contributed by atoms with van der Waals surface area (Å²) in [5.74, 6) is 0.578. The van der Waals surface area contributed by atoms with Gasteiger partial charge in [0.2, 0.25) is 5.91 Å². The standard InChI is InChI=1S/C13H21N3O2/c1-5-8(2)14-12(17)7-6-11-9(3)15-10(4)16-13(11)18/h8H,5-7H2,1-4H3,(H,14,17)(H,15,16,18). The predicted octanol–water partition coefficient (Wildman–Crippen LogP) is 1.23. The number of hydrogen-bond acceptors (Lipinski definition) is 3. The molecule has 1 unspecified atom stereocenters. The van der Waals surface area contributed by atoms with Crippen LogP contribution < -0.4 is 10.9 Å². The summed E-state index contributed by atoms with van der Waals surface area (Å²) in [4.78, 5) is 30.2. The molecule has 18 heavy (non-hydrogen) atoms.